The molecule has 0 saturated carbocycles. The summed E-state index contributed by atoms with van der Waals surface area (Å²) in [6.07, 6.45) is 1.51. The number of carbonyl (C=O) groups is 1. The standard InChI is InChI=1S/C29H27Cl2FN4O3/c30-22-5-10-25(26(31)15-22)28-34-27(39-35-28)17-36-13-11-21(12-14-36)29(37)33-16-19-3-8-24(9-4-19)38-18-20-1-6-23(32)7-2-20/h1-10,15,21H,11-14,16-18H2,(H,33,37). The zero-order valence-corrected chi connectivity index (χ0v) is 22.6. The van der Waals surface area contributed by atoms with E-state index in [1.165, 1.54) is 12.1 Å². The molecule has 202 valence electrons. The van der Waals surface area contributed by atoms with E-state index in [4.69, 9.17) is 32.5 Å². The van der Waals surface area contributed by atoms with E-state index in [2.05, 4.69) is 20.4 Å². The Morgan fingerprint density at radius 3 is 2.46 bits per heavy atom. The maximum atomic E-state index is 13.0. The molecule has 1 aromatic heterocycles. The lowest BCUT2D eigenvalue weighted by Gasteiger charge is -2.30. The van der Waals surface area contributed by atoms with E-state index in [0.29, 0.717) is 52.8 Å². The lowest BCUT2D eigenvalue weighted by Crippen LogP contribution is -2.40. The molecule has 0 bridgehead atoms. The van der Waals surface area contributed by atoms with Crippen LogP contribution in [0.4, 0.5) is 4.39 Å². The summed E-state index contributed by atoms with van der Waals surface area (Å²) in [6, 6.07) is 19.0. The Kier molecular flexibility index (Phi) is 8.76. The lowest BCUT2D eigenvalue weighted by molar-refractivity contribution is -0.126. The molecular formula is C29H27Cl2FN4O3. The van der Waals surface area contributed by atoms with Gasteiger partial charge in [0.15, 0.2) is 0 Å². The number of carbonyl (C=O) groups excluding carboxylic acids is 1. The minimum Gasteiger partial charge on any atom is -0.489 e. The summed E-state index contributed by atoms with van der Waals surface area (Å²) >= 11 is 12.2. The molecule has 1 saturated heterocycles. The largest absolute Gasteiger partial charge is 0.489 e. The van der Waals surface area contributed by atoms with Gasteiger partial charge in [0, 0.05) is 23.0 Å². The van der Waals surface area contributed by atoms with Crippen LogP contribution in [0.3, 0.4) is 0 Å². The molecule has 10 heteroatoms. The van der Waals surface area contributed by atoms with E-state index in [-0.39, 0.29) is 17.6 Å². The number of ether oxygens (including phenoxy) is 1. The van der Waals surface area contributed by atoms with Crippen molar-refractivity contribution >= 4 is 29.1 Å². The van der Waals surface area contributed by atoms with Gasteiger partial charge in [0.1, 0.15) is 18.2 Å². The number of amides is 1. The summed E-state index contributed by atoms with van der Waals surface area (Å²) in [5, 5.41) is 8.11. The first-order valence-electron chi connectivity index (χ1n) is 12.7. The summed E-state index contributed by atoms with van der Waals surface area (Å²) in [7, 11) is 0. The number of hydrogen-bond donors (Lipinski definition) is 1. The van der Waals surface area contributed by atoms with E-state index in [1.54, 1.807) is 30.3 Å². The van der Waals surface area contributed by atoms with Gasteiger partial charge in [-0.05, 0) is 79.5 Å². The molecule has 0 aliphatic carbocycles. The van der Waals surface area contributed by atoms with E-state index in [9.17, 15) is 9.18 Å². The summed E-state index contributed by atoms with van der Waals surface area (Å²) in [6.45, 7) is 2.85. The molecule has 3 aromatic carbocycles. The lowest BCUT2D eigenvalue weighted by atomic mass is 9.96. The van der Waals surface area contributed by atoms with Gasteiger partial charge in [-0.25, -0.2) is 4.39 Å². The minimum absolute atomic E-state index is 0.0364. The molecule has 7 nitrogen and oxygen atoms in total. The number of nitrogens with zero attached hydrogens (tertiary/aromatic N) is 3. The second-order valence-electron chi connectivity index (χ2n) is 9.46. The van der Waals surface area contributed by atoms with Gasteiger partial charge in [-0.3, -0.25) is 9.69 Å². The predicted octanol–water partition coefficient (Wildman–Crippen LogP) is 6.29. The van der Waals surface area contributed by atoms with Gasteiger partial charge in [-0.1, -0.05) is 52.6 Å². The van der Waals surface area contributed by atoms with Crippen molar-refractivity contribution in [3.63, 3.8) is 0 Å². The van der Waals surface area contributed by atoms with Gasteiger partial charge in [0.2, 0.25) is 17.6 Å². The highest BCUT2D eigenvalue weighted by Crippen LogP contribution is 2.29. The summed E-state index contributed by atoms with van der Waals surface area (Å²) in [4.78, 5) is 19.4. The highest BCUT2D eigenvalue weighted by atomic mass is 35.5. The zero-order valence-electron chi connectivity index (χ0n) is 21.1. The van der Waals surface area contributed by atoms with Gasteiger partial charge in [-0.2, -0.15) is 4.98 Å². The Balaban J connectivity index is 1.04. The second-order valence-corrected chi connectivity index (χ2v) is 10.3. The molecule has 0 unspecified atom stereocenters. The fourth-order valence-electron chi connectivity index (χ4n) is 4.43. The van der Waals surface area contributed by atoms with Crippen LogP contribution in [0.5, 0.6) is 5.75 Å². The van der Waals surface area contributed by atoms with Crippen LogP contribution in [0.1, 0.15) is 29.9 Å². The molecule has 1 amide bonds. The number of hydrogen-bond acceptors (Lipinski definition) is 6. The van der Waals surface area contributed by atoms with Crippen molar-refractivity contribution in [3.05, 3.63) is 99.6 Å². The number of aromatic nitrogens is 2. The highest BCUT2D eigenvalue weighted by Gasteiger charge is 2.26. The molecule has 1 aliphatic rings. The van der Waals surface area contributed by atoms with Crippen molar-refractivity contribution in [2.24, 2.45) is 5.92 Å². The van der Waals surface area contributed by atoms with Crippen molar-refractivity contribution in [1.82, 2.24) is 20.4 Å². The maximum Gasteiger partial charge on any atom is 0.241 e. The summed E-state index contributed by atoms with van der Waals surface area (Å²) < 4.78 is 24.2. The Morgan fingerprint density at radius 1 is 1.03 bits per heavy atom. The van der Waals surface area contributed by atoms with Gasteiger partial charge < -0.3 is 14.6 Å². The molecule has 39 heavy (non-hydrogen) atoms. The first-order chi connectivity index (χ1) is 18.9. The van der Waals surface area contributed by atoms with Crippen LogP contribution in [-0.4, -0.2) is 34.0 Å². The van der Waals surface area contributed by atoms with Crippen molar-refractivity contribution in [3.8, 4) is 17.1 Å². The van der Waals surface area contributed by atoms with E-state index in [1.807, 2.05) is 24.3 Å². The fraction of sp³-hybridized carbons (Fsp3) is 0.276. The molecule has 5 rings (SSSR count). The molecule has 1 N–H and O–H groups in total. The zero-order chi connectivity index (χ0) is 27.2. The van der Waals surface area contributed by atoms with Crippen molar-refractivity contribution in [1.29, 1.82) is 0 Å². The number of halogens is 3. The number of nitrogens with one attached hydrogen (secondary N) is 1. The molecule has 1 aliphatic heterocycles. The molecule has 0 spiro atoms. The quantitative estimate of drug-likeness (QED) is 0.255. The Hall–Kier alpha value is -3.46. The smallest absolute Gasteiger partial charge is 0.241 e. The summed E-state index contributed by atoms with van der Waals surface area (Å²) in [5.41, 5.74) is 2.55. The Morgan fingerprint density at radius 2 is 1.74 bits per heavy atom. The van der Waals surface area contributed by atoms with Gasteiger partial charge in [0.05, 0.1) is 11.6 Å². The topological polar surface area (TPSA) is 80.5 Å². The Labute approximate surface area is 235 Å². The van der Waals surface area contributed by atoms with Crippen molar-refractivity contribution in [2.75, 3.05) is 13.1 Å². The van der Waals surface area contributed by atoms with Crippen LogP contribution >= 0.6 is 23.2 Å². The van der Waals surface area contributed by atoms with Crippen molar-refractivity contribution < 1.29 is 18.4 Å². The highest BCUT2D eigenvalue weighted by molar-refractivity contribution is 6.36. The number of rotatable bonds is 9. The minimum atomic E-state index is -0.269. The van der Waals surface area contributed by atoms with E-state index < -0.39 is 0 Å². The average molecular weight is 569 g/mol. The van der Waals surface area contributed by atoms with Crippen LogP contribution in [0.25, 0.3) is 11.4 Å². The van der Waals surface area contributed by atoms with Crippen molar-refractivity contribution in [2.45, 2.75) is 32.5 Å². The first kappa shape index (κ1) is 27.1. The maximum absolute atomic E-state index is 13.0. The normalized spacial score (nSPS) is 14.3. The van der Waals surface area contributed by atoms with E-state index in [0.717, 1.165) is 37.1 Å². The molecule has 0 atom stereocenters. The fourth-order valence-corrected chi connectivity index (χ4v) is 4.92. The Bertz CT molecular complexity index is 1410. The van der Waals surface area contributed by atoms with E-state index >= 15 is 0 Å². The third-order valence-corrected chi connectivity index (χ3v) is 7.21. The number of likely N-dealkylation sites (tertiary alicyclic amines) is 1. The third kappa shape index (κ3) is 7.35. The van der Waals surface area contributed by atoms with Gasteiger partial charge >= 0.3 is 0 Å². The van der Waals surface area contributed by atoms with Crippen LogP contribution in [0.2, 0.25) is 10.0 Å². The second kappa shape index (κ2) is 12.6. The molecule has 1 fully saturated rings. The molecule has 0 radical (unpaired) electrons. The molecule has 2 heterocycles. The number of piperidine rings is 1. The first-order valence-corrected chi connectivity index (χ1v) is 13.4. The molecular weight excluding hydrogens is 542 g/mol. The monoisotopic (exact) mass is 568 g/mol. The number of benzene rings is 3. The van der Waals surface area contributed by atoms with Crippen LogP contribution in [0.15, 0.2) is 71.3 Å². The molecule has 4 aromatic rings. The van der Waals surface area contributed by atoms with Crippen LogP contribution < -0.4 is 10.1 Å². The average Bonchev–Trinajstić information content (AvgIpc) is 3.40. The van der Waals surface area contributed by atoms with Gasteiger partial charge in [0.25, 0.3) is 0 Å². The van der Waals surface area contributed by atoms with Crippen LogP contribution in [0, 0.1) is 11.7 Å². The van der Waals surface area contributed by atoms with Gasteiger partial charge in [-0.15, -0.1) is 0 Å². The SMILES string of the molecule is O=C(NCc1ccc(OCc2ccc(F)cc2)cc1)C1CCN(Cc2nc(-c3ccc(Cl)cc3Cl)no2)CC1. The predicted molar refractivity (Wildman–Crippen MR) is 147 cm³/mol. The third-order valence-electron chi connectivity index (χ3n) is 6.67. The van der Waals surface area contributed by atoms with Crippen LogP contribution in [-0.2, 0) is 24.5 Å². The summed E-state index contributed by atoms with van der Waals surface area (Å²) in [5.74, 6) is 1.40.